The van der Waals surface area contributed by atoms with Crippen molar-refractivity contribution in [1.82, 2.24) is 9.97 Å². The molecule has 4 nitrogen and oxygen atoms in total. The van der Waals surface area contributed by atoms with E-state index in [9.17, 15) is 0 Å². The summed E-state index contributed by atoms with van der Waals surface area (Å²) >= 11 is 5.62. The van der Waals surface area contributed by atoms with Gasteiger partial charge in [-0.15, -0.1) is 0 Å². The van der Waals surface area contributed by atoms with E-state index in [4.69, 9.17) is 16.3 Å². The Bertz CT molecular complexity index is 355. The average Bonchev–Trinajstić information content (AvgIpc) is 2.14. The molecule has 0 aliphatic heterocycles. The number of aromatic nitrogens is 2. The molecule has 1 aromatic heterocycles. The Morgan fingerprint density at radius 3 is 2.93 bits per heavy atom. The van der Waals surface area contributed by atoms with Crippen LogP contribution in [-0.2, 0) is 0 Å². The van der Waals surface area contributed by atoms with Gasteiger partial charge in [0.25, 0.3) is 0 Å². The van der Waals surface area contributed by atoms with E-state index >= 15 is 0 Å². The van der Waals surface area contributed by atoms with Gasteiger partial charge in [-0.3, -0.25) is 0 Å². The van der Waals surface area contributed by atoms with Crippen LogP contribution >= 0.6 is 11.6 Å². The lowest BCUT2D eigenvalue weighted by Crippen LogP contribution is -2.07. The van der Waals surface area contributed by atoms with Crippen LogP contribution < -0.4 is 10.1 Å². The second-order valence-electron chi connectivity index (χ2n) is 2.97. The van der Waals surface area contributed by atoms with E-state index in [1.807, 2.05) is 13.8 Å². The second-order valence-corrected chi connectivity index (χ2v) is 3.51. The number of nitrogens with one attached hydrogen (secondary N) is 1. The van der Waals surface area contributed by atoms with Crippen LogP contribution in [0.4, 0.5) is 5.95 Å². The molecule has 0 fully saturated rings. The summed E-state index contributed by atoms with van der Waals surface area (Å²) in [5.41, 5.74) is 0.844. The number of rotatable bonds is 5. The van der Waals surface area contributed by atoms with Gasteiger partial charge < -0.3 is 10.1 Å². The van der Waals surface area contributed by atoms with Crippen LogP contribution in [0.25, 0.3) is 0 Å². The summed E-state index contributed by atoms with van der Waals surface area (Å²) in [6, 6.07) is 1.78. The third-order valence-electron chi connectivity index (χ3n) is 1.56. The summed E-state index contributed by atoms with van der Waals surface area (Å²) in [4.78, 5) is 8.34. The second kappa shape index (κ2) is 5.56. The molecule has 0 aliphatic rings. The maximum absolute atomic E-state index is 5.62. The first kappa shape index (κ1) is 11.8. The molecular formula is C10H14ClN3O. The number of hydrogen-bond acceptors (Lipinski definition) is 4. The molecule has 1 N–H and O–H groups in total. The Kier molecular flexibility index (Phi) is 4.37. The molecular weight excluding hydrogens is 214 g/mol. The summed E-state index contributed by atoms with van der Waals surface area (Å²) in [6.07, 6.45) is 0. The lowest BCUT2D eigenvalue weighted by atomic mass is 10.4. The fraction of sp³-hybridized carbons (Fsp3) is 0.400. The van der Waals surface area contributed by atoms with Crippen molar-refractivity contribution in [2.45, 2.75) is 13.8 Å². The SMILES string of the molecule is C=C(Cl)CNc1nc(C)cc(OCC)n1. The molecule has 0 aliphatic carbocycles. The molecule has 1 rings (SSSR count). The highest BCUT2D eigenvalue weighted by Gasteiger charge is 2.02. The smallest absolute Gasteiger partial charge is 0.226 e. The molecule has 0 unspecified atom stereocenters. The van der Waals surface area contributed by atoms with Crippen LogP contribution in [-0.4, -0.2) is 23.1 Å². The minimum absolute atomic E-state index is 0.441. The van der Waals surface area contributed by atoms with E-state index in [1.54, 1.807) is 6.07 Å². The first-order valence-electron chi connectivity index (χ1n) is 4.67. The van der Waals surface area contributed by atoms with Gasteiger partial charge in [-0.1, -0.05) is 18.2 Å². The summed E-state index contributed by atoms with van der Waals surface area (Å²) in [7, 11) is 0. The Balaban J connectivity index is 2.74. The van der Waals surface area contributed by atoms with Crippen LogP contribution in [0.3, 0.4) is 0 Å². The highest BCUT2D eigenvalue weighted by molar-refractivity contribution is 6.29. The molecule has 0 radical (unpaired) electrons. The maximum Gasteiger partial charge on any atom is 0.226 e. The minimum Gasteiger partial charge on any atom is -0.478 e. The highest BCUT2D eigenvalue weighted by Crippen LogP contribution is 2.12. The molecule has 0 saturated carbocycles. The van der Waals surface area contributed by atoms with E-state index in [0.717, 1.165) is 5.69 Å². The number of anilines is 1. The summed E-state index contributed by atoms with van der Waals surface area (Å²) < 4.78 is 5.29. The molecule has 0 aromatic carbocycles. The van der Waals surface area contributed by atoms with Crippen molar-refractivity contribution >= 4 is 17.5 Å². The monoisotopic (exact) mass is 227 g/mol. The predicted molar refractivity (Wildman–Crippen MR) is 61.4 cm³/mol. The fourth-order valence-corrected chi connectivity index (χ4v) is 1.08. The number of halogens is 1. The van der Waals surface area contributed by atoms with Crippen LogP contribution in [0, 0.1) is 6.92 Å². The fourth-order valence-electron chi connectivity index (χ4n) is 1.02. The molecule has 0 bridgehead atoms. The van der Waals surface area contributed by atoms with Gasteiger partial charge >= 0.3 is 0 Å². The number of nitrogens with zero attached hydrogens (tertiary/aromatic N) is 2. The summed E-state index contributed by atoms with van der Waals surface area (Å²) in [5, 5.41) is 3.46. The van der Waals surface area contributed by atoms with E-state index in [0.29, 0.717) is 30.0 Å². The molecule has 1 heterocycles. The van der Waals surface area contributed by atoms with Gasteiger partial charge in [0.1, 0.15) is 0 Å². The Labute approximate surface area is 94.3 Å². The van der Waals surface area contributed by atoms with Crippen molar-refractivity contribution in [3.05, 3.63) is 23.4 Å². The average molecular weight is 228 g/mol. The molecule has 0 amide bonds. The number of ether oxygens (including phenoxy) is 1. The first-order valence-corrected chi connectivity index (χ1v) is 5.05. The Morgan fingerprint density at radius 2 is 2.33 bits per heavy atom. The van der Waals surface area contributed by atoms with Gasteiger partial charge in [0.2, 0.25) is 11.8 Å². The van der Waals surface area contributed by atoms with Gasteiger partial charge in [-0.2, -0.15) is 4.98 Å². The van der Waals surface area contributed by atoms with Crippen LogP contribution in [0.5, 0.6) is 5.88 Å². The van der Waals surface area contributed by atoms with Crippen molar-refractivity contribution < 1.29 is 4.74 Å². The zero-order valence-corrected chi connectivity index (χ0v) is 9.64. The van der Waals surface area contributed by atoms with E-state index in [2.05, 4.69) is 21.9 Å². The van der Waals surface area contributed by atoms with Crippen molar-refractivity contribution in [1.29, 1.82) is 0 Å². The maximum atomic E-state index is 5.62. The van der Waals surface area contributed by atoms with Crippen molar-refractivity contribution in [2.24, 2.45) is 0 Å². The predicted octanol–water partition coefficient (Wildman–Crippen LogP) is 2.35. The van der Waals surface area contributed by atoms with Crippen LogP contribution in [0.15, 0.2) is 17.7 Å². The van der Waals surface area contributed by atoms with Crippen LogP contribution in [0.2, 0.25) is 0 Å². The van der Waals surface area contributed by atoms with Crippen molar-refractivity contribution in [2.75, 3.05) is 18.5 Å². The third kappa shape index (κ3) is 4.16. The highest BCUT2D eigenvalue weighted by atomic mass is 35.5. The lowest BCUT2D eigenvalue weighted by molar-refractivity contribution is 0.326. The van der Waals surface area contributed by atoms with E-state index in [-0.39, 0.29) is 0 Å². The third-order valence-corrected chi connectivity index (χ3v) is 1.69. The Morgan fingerprint density at radius 1 is 1.60 bits per heavy atom. The van der Waals surface area contributed by atoms with Crippen molar-refractivity contribution in [3.8, 4) is 5.88 Å². The summed E-state index contributed by atoms with van der Waals surface area (Å²) in [5.74, 6) is 1.06. The first-order chi connectivity index (χ1) is 7.11. The molecule has 0 saturated heterocycles. The van der Waals surface area contributed by atoms with Gasteiger partial charge in [0.15, 0.2) is 0 Å². The molecule has 0 spiro atoms. The van der Waals surface area contributed by atoms with Gasteiger partial charge in [-0.25, -0.2) is 4.98 Å². The lowest BCUT2D eigenvalue weighted by Gasteiger charge is -2.07. The minimum atomic E-state index is 0.441. The molecule has 15 heavy (non-hydrogen) atoms. The van der Waals surface area contributed by atoms with E-state index in [1.165, 1.54) is 0 Å². The topological polar surface area (TPSA) is 47.0 Å². The molecule has 1 aromatic rings. The largest absolute Gasteiger partial charge is 0.478 e. The number of hydrogen-bond donors (Lipinski definition) is 1. The molecule has 0 atom stereocenters. The summed E-state index contributed by atoms with van der Waals surface area (Å²) in [6.45, 7) is 8.38. The van der Waals surface area contributed by atoms with Gasteiger partial charge in [0.05, 0.1) is 13.2 Å². The standard InChI is InChI=1S/C10H14ClN3O/c1-4-15-9-5-8(3)13-10(14-9)12-6-7(2)11/h5H,2,4,6H2,1,3H3,(H,12,13,14). The number of aryl methyl sites for hydroxylation is 1. The zero-order chi connectivity index (χ0) is 11.3. The van der Waals surface area contributed by atoms with Gasteiger partial charge in [0, 0.05) is 16.8 Å². The van der Waals surface area contributed by atoms with E-state index < -0.39 is 0 Å². The van der Waals surface area contributed by atoms with Crippen molar-refractivity contribution in [3.63, 3.8) is 0 Å². The Hall–Kier alpha value is -1.29. The zero-order valence-electron chi connectivity index (χ0n) is 8.88. The normalized spacial score (nSPS) is 9.80. The molecule has 5 heteroatoms. The quantitative estimate of drug-likeness (QED) is 0.839. The van der Waals surface area contributed by atoms with Crippen LogP contribution in [0.1, 0.15) is 12.6 Å². The molecule has 82 valence electrons. The van der Waals surface area contributed by atoms with Gasteiger partial charge in [-0.05, 0) is 13.8 Å².